The number of ketones is 1. The van der Waals surface area contributed by atoms with Crippen LogP contribution in [0.3, 0.4) is 0 Å². The number of nitrogens with zero attached hydrogens (tertiary/aromatic N) is 1. The van der Waals surface area contributed by atoms with E-state index in [-0.39, 0.29) is 11.5 Å². The average Bonchev–Trinajstić information content (AvgIpc) is 2.33. The third-order valence-corrected chi connectivity index (χ3v) is 4.89. The quantitative estimate of drug-likeness (QED) is 0.821. The lowest BCUT2D eigenvalue weighted by atomic mass is 9.58. The second-order valence-corrected chi connectivity index (χ2v) is 6.62. The highest BCUT2D eigenvalue weighted by Crippen LogP contribution is 2.48. The van der Waals surface area contributed by atoms with E-state index in [0.29, 0.717) is 12.2 Å². The molecule has 1 aliphatic carbocycles. The summed E-state index contributed by atoms with van der Waals surface area (Å²) >= 11 is 3.48. The van der Waals surface area contributed by atoms with Crippen LogP contribution in [0.5, 0.6) is 0 Å². The zero-order chi connectivity index (χ0) is 14.0. The first kappa shape index (κ1) is 14.7. The number of hydrogen-bond acceptors (Lipinski definition) is 2. The van der Waals surface area contributed by atoms with Crippen LogP contribution in [-0.4, -0.2) is 30.8 Å². The molecule has 0 heterocycles. The number of rotatable bonds is 5. The second kappa shape index (κ2) is 5.76. The lowest BCUT2D eigenvalue weighted by Crippen LogP contribution is -2.56. The molecule has 104 valence electrons. The fourth-order valence-electron chi connectivity index (χ4n) is 3.34. The molecule has 0 saturated heterocycles. The zero-order valence-corrected chi connectivity index (χ0v) is 13.5. The summed E-state index contributed by atoms with van der Waals surface area (Å²) in [4.78, 5) is 14.5. The molecule has 0 amide bonds. The molecule has 1 aromatic carbocycles. The molecule has 1 atom stereocenters. The molecule has 3 heteroatoms. The highest BCUT2D eigenvalue weighted by Gasteiger charge is 2.48. The van der Waals surface area contributed by atoms with Crippen molar-refractivity contribution in [2.75, 3.05) is 14.1 Å². The van der Waals surface area contributed by atoms with Gasteiger partial charge in [-0.2, -0.15) is 0 Å². The minimum Gasteiger partial charge on any atom is -0.299 e. The third kappa shape index (κ3) is 2.63. The van der Waals surface area contributed by atoms with E-state index in [1.54, 1.807) is 0 Å². The van der Waals surface area contributed by atoms with E-state index in [0.717, 1.165) is 17.3 Å². The zero-order valence-electron chi connectivity index (χ0n) is 11.9. The smallest absolute Gasteiger partial charge is 0.150 e. The third-order valence-electron chi connectivity index (χ3n) is 4.36. The topological polar surface area (TPSA) is 20.3 Å². The molecule has 1 aromatic rings. The van der Waals surface area contributed by atoms with Gasteiger partial charge in [0.25, 0.3) is 0 Å². The van der Waals surface area contributed by atoms with Crippen LogP contribution in [0, 0.1) is 0 Å². The molecular weight excluding hydrogens is 302 g/mol. The fourth-order valence-corrected chi connectivity index (χ4v) is 3.61. The number of benzene rings is 1. The summed E-state index contributed by atoms with van der Waals surface area (Å²) in [7, 11) is 4.05. The van der Waals surface area contributed by atoms with Gasteiger partial charge in [-0.05, 0) is 44.6 Å². The first-order valence-electron chi connectivity index (χ1n) is 6.96. The lowest BCUT2D eigenvalue weighted by molar-refractivity contribution is -0.127. The number of carbonyl (C=O) groups excluding carboxylic acids is 1. The van der Waals surface area contributed by atoms with Crippen LogP contribution in [0.4, 0.5) is 0 Å². The predicted octanol–water partition coefficient (Wildman–Crippen LogP) is 3.78. The molecule has 0 radical (unpaired) electrons. The van der Waals surface area contributed by atoms with Crippen molar-refractivity contribution < 1.29 is 4.79 Å². The number of halogens is 1. The van der Waals surface area contributed by atoms with Gasteiger partial charge in [0.2, 0.25) is 0 Å². The van der Waals surface area contributed by atoms with Crippen molar-refractivity contribution in [1.82, 2.24) is 4.90 Å². The Balaban J connectivity index is 2.40. The summed E-state index contributed by atoms with van der Waals surface area (Å²) in [6.45, 7) is 1.97. The van der Waals surface area contributed by atoms with Crippen molar-refractivity contribution in [1.29, 1.82) is 0 Å². The maximum absolute atomic E-state index is 12.4. The van der Waals surface area contributed by atoms with Gasteiger partial charge in [0, 0.05) is 16.3 Å². The number of likely N-dealkylation sites (N-methyl/N-ethyl adjacent to an activating group) is 1. The Morgan fingerprint density at radius 2 is 1.89 bits per heavy atom. The molecule has 1 fully saturated rings. The van der Waals surface area contributed by atoms with Gasteiger partial charge in [0.05, 0.1) is 6.04 Å². The van der Waals surface area contributed by atoms with Gasteiger partial charge < -0.3 is 0 Å². The van der Waals surface area contributed by atoms with Crippen molar-refractivity contribution >= 4 is 21.7 Å². The minimum atomic E-state index is 0.00688. The second-order valence-electron chi connectivity index (χ2n) is 5.70. The van der Waals surface area contributed by atoms with E-state index in [4.69, 9.17) is 0 Å². The average molecular weight is 324 g/mol. The molecule has 0 bridgehead atoms. The Bertz CT molecular complexity index is 448. The van der Waals surface area contributed by atoms with Crippen LogP contribution < -0.4 is 0 Å². The van der Waals surface area contributed by atoms with Crippen LogP contribution in [0.15, 0.2) is 28.7 Å². The highest BCUT2D eigenvalue weighted by molar-refractivity contribution is 9.10. The van der Waals surface area contributed by atoms with E-state index in [2.05, 4.69) is 45.1 Å². The standard InChI is InChI=1S/C16H22BrNO/c1-4-14(19)15(18(2)3)16(10-5-11-16)12-6-8-13(17)9-7-12/h6-9,15H,4-5,10-11H2,1-3H3. The predicted molar refractivity (Wildman–Crippen MR) is 82.4 cm³/mol. The molecule has 0 N–H and O–H groups in total. The Kier molecular flexibility index (Phi) is 4.46. The summed E-state index contributed by atoms with van der Waals surface area (Å²) in [5, 5.41) is 0. The number of Topliss-reactive ketones (excluding diaryl/α,β-unsaturated/α-hetero) is 1. The Morgan fingerprint density at radius 3 is 2.26 bits per heavy atom. The summed E-state index contributed by atoms with van der Waals surface area (Å²) in [5.74, 6) is 0.354. The SMILES string of the molecule is CCC(=O)C(N(C)C)C1(c2ccc(Br)cc2)CCC1. The maximum atomic E-state index is 12.4. The van der Waals surface area contributed by atoms with E-state index in [1.165, 1.54) is 12.0 Å². The van der Waals surface area contributed by atoms with Gasteiger partial charge in [-0.15, -0.1) is 0 Å². The van der Waals surface area contributed by atoms with Crippen LogP contribution in [0.25, 0.3) is 0 Å². The number of hydrogen-bond donors (Lipinski definition) is 0. The summed E-state index contributed by atoms with van der Waals surface area (Å²) in [6, 6.07) is 8.51. The summed E-state index contributed by atoms with van der Waals surface area (Å²) in [6.07, 6.45) is 4.06. The maximum Gasteiger partial charge on any atom is 0.150 e. The molecule has 1 saturated carbocycles. The molecule has 2 rings (SSSR count). The molecule has 2 nitrogen and oxygen atoms in total. The van der Waals surface area contributed by atoms with Crippen LogP contribution in [-0.2, 0) is 10.2 Å². The van der Waals surface area contributed by atoms with Gasteiger partial charge in [-0.1, -0.05) is 41.4 Å². The van der Waals surface area contributed by atoms with E-state index in [1.807, 2.05) is 21.0 Å². The molecule has 1 aliphatic rings. The van der Waals surface area contributed by atoms with Gasteiger partial charge in [-0.3, -0.25) is 9.69 Å². The van der Waals surface area contributed by atoms with Crippen molar-refractivity contribution in [2.45, 2.75) is 44.1 Å². The first-order valence-corrected chi connectivity index (χ1v) is 7.76. The van der Waals surface area contributed by atoms with Crippen molar-refractivity contribution in [2.24, 2.45) is 0 Å². The Morgan fingerprint density at radius 1 is 1.32 bits per heavy atom. The normalized spacial score (nSPS) is 19.0. The van der Waals surface area contributed by atoms with Crippen LogP contribution >= 0.6 is 15.9 Å². The lowest BCUT2D eigenvalue weighted by Gasteiger charge is -2.50. The van der Waals surface area contributed by atoms with Crippen LogP contribution in [0.1, 0.15) is 38.2 Å². The fraction of sp³-hybridized carbons (Fsp3) is 0.562. The van der Waals surface area contributed by atoms with Gasteiger partial charge >= 0.3 is 0 Å². The molecular formula is C16H22BrNO. The largest absolute Gasteiger partial charge is 0.299 e. The number of carbonyl (C=O) groups is 1. The minimum absolute atomic E-state index is 0.00688. The highest BCUT2D eigenvalue weighted by atomic mass is 79.9. The van der Waals surface area contributed by atoms with E-state index >= 15 is 0 Å². The summed E-state index contributed by atoms with van der Waals surface area (Å²) in [5.41, 5.74) is 1.33. The van der Waals surface area contributed by atoms with Gasteiger partial charge in [-0.25, -0.2) is 0 Å². The van der Waals surface area contributed by atoms with E-state index in [9.17, 15) is 4.79 Å². The summed E-state index contributed by atoms with van der Waals surface area (Å²) < 4.78 is 1.09. The molecule has 0 aromatic heterocycles. The Hall–Kier alpha value is -0.670. The molecule has 0 aliphatic heterocycles. The van der Waals surface area contributed by atoms with Crippen molar-refractivity contribution in [3.05, 3.63) is 34.3 Å². The molecule has 19 heavy (non-hydrogen) atoms. The van der Waals surface area contributed by atoms with Gasteiger partial charge in [0.1, 0.15) is 0 Å². The molecule has 0 spiro atoms. The van der Waals surface area contributed by atoms with Crippen molar-refractivity contribution in [3.63, 3.8) is 0 Å². The van der Waals surface area contributed by atoms with Gasteiger partial charge in [0.15, 0.2) is 5.78 Å². The molecule has 1 unspecified atom stereocenters. The monoisotopic (exact) mass is 323 g/mol. The Labute approximate surface area is 124 Å². The van der Waals surface area contributed by atoms with E-state index < -0.39 is 0 Å². The van der Waals surface area contributed by atoms with Crippen LogP contribution in [0.2, 0.25) is 0 Å². The first-order chi connectivity index (χ1) is 9.01. The van der Waals surface area contributed by atoms with Crippen molar-refractivity contribution in [3.8, 4) is 0 Å².